The quantitative estimate of drug-likeness (QED) is 0.176. The molecule has 3 heterocycles. The van der Waals surface area contributed by atoms with Crippen molar-refractivity contribution in [1.82, 2.24) is 14.1 Å². The van der Waals surface area contributed by atoms with Gasteiger partial charge in [0, 0.05) is 38.4 Å². The first-order valence-corrected chi connectivity index (χ1v) is 18.8. The Kier molecular flexibility index (Phi) is 6.99. The maximum Gasteiger partial charge on any atom is 0.138 e. The second kappa shape index (κ2) is 12.3. The lowest BCUT2D eigenvalue weighted by atomic mass is 9.98. The van der Waals surface area contributed by atoms with Crippen molar-refractivity contribution in [3.05, 3.63) is 193 Å². The number of pyridine rings is 1. The molecule has 254 valence electrons. The Morgan fingerprint density at radius 3 is 1.89 bits per heavy atom. The maximum absolute atomic E-state index is 5.33. The van der Waals surface area contributed by atoms with E-state index in [1.807, 2.05) is 0 Å². The van der Waals surface area contributed by atoms with Gasteiger partial charge in [0.1, 0.15) is 5.82 Å². The lowest BCUT2D eigenvalue weighted by Crippen LogP contribution is -2.03. The number of hydrogen-bond donors (Lipinski definition) is 0. The first-order valence-electron chi connectivity index (χ1n) is 18.8. The predicted molar refractivity (Wildman–Crippen MR) is 227 cm³/mol. The van der Waals surface area contributed by atoms with Crippen LogP contribution in [0.1, 0.15) is 17.7 Å². The van der Waals surface area contributed by atoms with Gasteiger partial charge in [-0.1, -0.05) is 140 Å². The van der Waals surface area contributed by atoms with Gasteiger partial charge >= 0.3 is 0 Å². The van der Waals surface area contributed by atoms with Gasteiger partial charge in [-0.3, -0.25) is 4.57 Å². The van der Waals surface area contributed by atoms with E-state index in [4.69, 9.17) is 4.98 Å². The molecule has 1 aliphatic rings. The average molecular weight is 690 g/mol. The number of hydrogen-bond acceptors (Lipinski definition) is 1. The molecule has 54 heavy (non-hydrogen) atoms. The number of nitrogens with zero attached hydrogens (tertiary/aromatic N) is 3. The molecular weight excluding hydrogens is 655 g/mol. The number of fused-ring (bicyclic) bond motifs is 7. The third-order valence-corrected chi connectivity index (χ3v) is 11.2. The Labute approximate surface area is 313 Å². The number of allylic oxidation sites excluding steroid dienone is 1. The second-order valence-electron chi connectivity index (χ2n) is 14.3. The Morgan fingerprint density at radius 1 is 0.426 bits per heavy atom. The first-order chi connectivity index (χ1) is 26.8. The molecule has 0 amide bonds. The zero-order chi connectivity index (χ0) is 35.6. The molecule has 3 heteroatoms. The van der Waals surface area contributed by atoms with Crippen molar-refractivity contribution < 1.29 is 0 Å². The summed E-state index contributed by atoms with van der Waals surface area (Å²) in [5.74, 6) is 0.906. The number of benzene rings is 7. The van der Waals surface area contributed by atoms with Gasteiger partial charge in [-0.05, 0) is 89.0 Å². The predicted octanol–water partition coefficient (Wildman–Crippen LogP) is 13.2. The highest BCUT2D eigenvalue weighted by Gasteiger charge is 2.21. The van der Waals surface area contributed by atoms with E-state index in [0.29, 0.717) is 0 Å². The second-order valence-corrected chi connectivity index (χ2v) is 14.3. The summed E-state index contributed by atoms with van der Waals surface area (Å²) in [5, 5.41) is 6.26. The summed E-state index contributed by atoms with van der Waals surface area (Å²) in [7, 11) is 0. The van der Waals surface area contributed by atoms with Crippen LogP contribution in [0.2, 0.25) is 0 Å². The summed E-state index contributed by atoms with van der Waals surface area (Å²) in [5.41, 5.74) is 14.3. The lowest BCUT2D eigenvalue weighted by molar-refractivity contribution is 0.892. The van der Waals surface area contributed by atoms with Crippen LogP contribution in [-0.2, 0) is 6.42 Å². The van der Waals surface area contributed by atoms with Crippen LogP contribution < -0.4 is 0 Å². The highest BCUT2D eigenvalue weighted by atomic mass is 15.1. The van der Waals surface area contributed by atoms with Gasteiger partial charge in [0.15, 0.2) is 0 Å². The fourth-order valence-corrected chi connectivity index (χ4v) is 8.66. The average Bonchev–Trinajstić information content (AvgIpc) is 3.76. The van der Waals surface area contributed by atoms with Crippen molar-refractivity contribution in [2.24, 2.45) is 0 Å². The standard InChI is InChI=1S/C51H35N3/c1-3-14-34(15-4-1)39-32-45(36-17-5-2-6-18-36)52-51(33-39)54-48-24-12-10-22-42(48)44-31-38(27-29-50(44)54)37-26-28-49-43(30-37)41-21-9-11-23-47(41)53(49)46-25-13-19-35-16-7-8-20-40(35)46/h1-10,12-22,24-33H,11,23H2. The van der Waals surface area contributed by atoms with E-state index < -0.39 is 0 Å². The molecule has 0 bridgehead atoms. The molecule has 3 aromatic heterocycles. The van der Waals surface area contributed by atoms with Crippen LogP contribution in [0.3, 0.4) is 0 Å². The minimum Gasteiger partial charge on any atom is -0.312 e. The summed E-state index contributed by atoms with van der Waals surface area (Å²) in [6.45, 7) is 0. The molecule has 0 saturated carbocycles. The summed E-state index contributed by atoms with van der Waals surface area (Å²) >= 11 is 0. The molecule has 0 aliphatic heterocycles. The molecule has 11 rings (SSSR count). The van der Waals surface area contributed by atoms with Crippen molar-refractivity contribution in [3.63, 3.8) is 0 Å². The molecule has 0 fully saturated rings. The Balaban J connectivity index is 1.10. The van der Waals surface area contributed by atoms with E-state index in [0.717, 1.165) is 46.5 Å². The topological polar surface area (TPSA) is 22.8 Å². The number of aromatic nitrogens is 3. The summed E-state index contributed by atoms with van der Waals surface area (Å²) in [4.78, 5) is 5.33. The molecule has 0 spiro atoms. The van der Waals surface area contributed by atoms with Crippen molar-refractivity contribution in [2.75, 3.05) is 0 Å². The number of rotatable bonds is 5. The van der Waals surface area contributed by atoms with Crippen molar-refractivity contribution in [3.8, 4) is 45.0 Å². The summed E-state index contributed by atoms with van der Waals surface area (Å²) in [6, 6.07) is 63.6. The Morgan fingerprint density at radius 2 is 1.07 bits per heavy atom. The van der Waals surface area contributed by atoms with Gasteiger partial charge in [0.05, 0.1) is 27.9 Å². The molecule has 3 nitrogen and oxygen atoms in total. The van der Waals surface area contributed by atoms with Gasteiger partial charge in [0.2, 0.25) is 0 Å². The molecule has 0 radical (unpaired) electrons. The fourth-order valence-electron chi connectivity index (χ4n) is 8.66. The zero-order valence-electron chi connectivity index (χ0n) is 29.7. The highest BCUT2D eigenvalue weighted by Crippen LogP contribution is 2.40. The van der Waals surface area contributed by atoms with E-state index in [1.54, 1.807) is 0 Å². The Hall–Kier alpha value is -6.97. The van der Waals surface area contributed by atoms with Gasteiger partial charge in [-0.25, -0.2) is 4.98 Å². The van der Waals surface area contributed by atoms with Gasteiger partial charge in [-0.2, -0.15) is 0 Å². The van der Waals surface area contributed by atoms with Crippen LogP contribution in [-0.4, -0.2) is 14.1 Å². The first kappa shape index (κ1) is 30.6. The van der Waals surface area contributed by atoms with Gasteiger partial charge < -0.3 is 4.57 Å². The van der Waals surface area contributed by atoms with Gasteiger partial charge in [-0.15, -0.1) is 0 Å². The van der Waals surface area contributed by atoms with Crippen LogP contribution >= 0.6 is 0 Å². The third-order valence-electron chi connectivity index (χ3n) is 11.2. The van der Waals surface area contributed by atoms with Crippen molar-refractivity contribution in [2.45, 2.75) is 12.8 Å². The van der Waals surface area contributed by atoms with Crippen LogP contribution in [0.25, 0.3) is 94.6 Å². The maximum atomic E-state index is 5.33. The van der Waals surface area contributed by atoms with Crippen LogP contribution in [0, 0.1) is 0 Å². The molecular formula is C51H35N3. The van der Waals surface area contributed by atoms with Crippen LogP contribution in [0.15, 0.2) is 182 Å². The highest BCUT2D eigenvalue weighted by molar-refractivity contribution is 6.11. The monoisotopic (exact) mass is 689 g/mol. The van der Waals surface area contributed by atoms with E-state index in [-0.39, 0.29) is 0 Å². The van der Waals surface area contributed by atoms with E-state index in [1.165, 1.54) is 66.1 Å². The molecule has 7 aromatic carbocycles. The van der Waals surface area contributed by atoms with Crippen LogP contribution in [0.4, 0.5) is 0 Å². The Bertz CT molecular complexity index is 3030. The van der Waals surface area contributed by atoms with Gasteiger partial charge in [0.25, 0.3) is 0 Å². The smallest absolute Gasteiger partial charge is 0.138 e. The molecule has 0 unspecified atom stereocenters. The SMILES string of the molecule is C1=Cc2c(n(-c3cccc4ccccc34)c3ccc(-c4ccc5c(c4)c4ccccc4n5-c4cc(-c5ccccc5)cc(-c5ccccc5)n4)cc23)CC1. The largest absolute Gasteiger partial charge is 0.312 e. The third kappa shape index (κ3) is 4.86. The normalized spacial score (nSPS) is 12.6. The molecule has 1 aliphatic carbocycles. The molecule has 0 saturated heterocycles. The lowest BCUT2D eigenvalue weighted by Gasteiger charge is -2.15. The van der Waals surface area contributed by atoms with Crippen molar-refractivity contribution in [1.29, 1.82) is 0 Å². The molecule has 10 aromatic rings. The summed E-state index contributed by atoms with van der Waals surface area (Å²) < 4.78 is 4.85. The van der Waals surface area contributed by atoms with Crippen molar-refractivity contribution >= 4 is 49.6 Å². The fraction of sp³-hybridized carbons (Fsp3) is 0.0392. The molecule has 0 atom stereocenters. The zero-order valence-corrected chi connectivity index (χ0v) is 29.7. The minimum absolute atomic E-state index is 0.906. The van der Waals surface area contributed by atoms with Crippen LogP contribution in [0.5, 0.6) is 0 Å². The summed E-state index contributed by atoms with van der Waals surface area (Å²) in [6.07, 6.45) is 6.74. The molecule has 0 N–H and O–H groups in total. The minimum atomic E-state index is 0.906. The van der Waals surface area contributed by atoms with E-state index in [2.05, 4.69) is 197 Å². The van der Waals surface area contributed by atoms with E-state index in [9.17, 15) is 0 Å². The van der Waals surface area contributed by atoms with E-state index >= 15 is 0 Å². The number of para-hydroxylation sites is 1.